The molecule has 8 heteroatoms. The molecule has 3 rings (SSSR count). The minimum Gasteiger partial charge on any atom is -0.496 e. The van der Waals surface area contributed by atoms with E-state index in [1.807, 2.05) is 24.3 Å². The van der Waals surface area contributed by atoms with E-state index in [-0.39, 0.29) is 0 Å². The predicted octanol–water partition coefficient (Wildman–Crippen LogP) is 3.08. The maximum Gasteiger partial charge on any atom is 0.341 e. The Morgan fingerprint density at radius 2 is 1.67 bits per heavy atom. The molecule has 0 radical (unpaired) electrons. The lowest BCUT2D eigenvalue weighted by Gasteiger charge is -2.10. The number of amides is 1. The van der Waals surface area contributed by atoms with E-state index in [1.165, 1.54) is 20.4 Å². The standard InChI is InChI=1S/C22H20N2O6/c1-28-19-11-16-6-4-3-5-15(16)10-17(19)22(27)24-23-12-14-7-8-18(20(9-14)29-2)30-13-21(25)26/h3-12H,13H2,1-2H3,(H,24,27)(H,25,26)/b23-12-. The first-order valence-electron chi connectivity index (χ1n) is 8.94. The Kier molecular flexibility index (Phi) is 6.49. The minimum atomic E-state index is -1.09. The Hall–Kier alpha value is -4.07. The van der Waals surface area contributed by atoms with Gasteiger partial charge in [-0.05, 0) is 46.7 Å². The SMILES string of the molecule is COc1cc(/C=N\NC(=O)c2cc3ccccc3cc2OC)ccc1OCC(=O)O. The summed E-state index contributed by atoms with van der Waals surface area (Å²) in [5, 5.41) is 14.6. The molecule has 0 aliphatic rings. The Labute approximate surface area is 172 Å². The highest BCUT2D eigenvalue weighted by molar-refractivity contribution is 6.02. The van der Waals surface area contributed by atoms with Gasteiger partial charge < -0.3 is 19.3 Å². The van der Waals surface area contributed by atoms with E-state index in [9.17, 15) is 9.59 Å². The predicted molar refractivity (Wildman–Crippen MR) is 112 cm³/mol. The number of carbonyl (C=O) groups excluding carboxylic acids is 1. The van der Waals surface area contributed by atoms with Gasteiger partial charge in [0.25, 0.3) is 5.91 Å². The van der Waals surface area contributed by atoms with Crippen molar-refractivity contribution in [3.63, 3.8) is 0 Å². The number of fused-ring (bicyclic) bond motifs is 1. The van der Waals surface area contributed by atoms with Crippen molar-refractivity contribution >= 4 is 28.9 Å². The first kappa shape index (κ1) is 20.7. The molecule has 0 spiro atoms. The van der Waals surface area contributed by atoms with Crippen LogP contribution in [0.5, 0.6) is 17.2 Å². The van der Waals surface area contributed by atoms with Gasteiger partial charge in [-0.1, -0.05) is 24.3 Å². The fraction of sp³-hybridized carbons (Fsp3) is 0.136. The fourth-order valence-corrected chi connectivity index (χ4v) is 2.81. The number of nitrogens with one attached hydrogen (secondary N) is 1. The van der Waals surface area contributed by atoms with Crippen LogP contribution in [0.25, 0.3) is 10.8 Å². The van der Waals surface area contributed by atoms with E-state index in [1.54, 1.807) is 30.3 Å². The topological polar surface area (TPSA) is 106 Å². The van der Waals surface area contributed by atoms with Crippen LogP contribution in [0.3, 0.4) is 0 Å². The van der Waals surface area contributed by atoms with E-state index in [4.69, 9.17) is 19.3 Å². The lowest BCUT2D eigenvalue weighted by molar-refractivity contribution is -0.139. The highest BCUT2D eigenvalue weighted by Gasteiger charge is 2.13. The fourth-order valence-electron chi connectivity index (χ4n) is 2.81. The second-order valence-corrected chi connectivity index (χ2v) is 6.19. The molecule has 1 amide bonds. The van der Waals surface area contributed by atoms with E-state index in [0.29, 0.717) is 28.4 Å². The average Bonchev–Trinajstić information content (AvgIpc) is 2.76. The van der Waals surface area contributed by atoms with E-state index < -0.39 is 18.5 Å². The van der Waals surface area contributed by atoms with Gasteiger partial charge in [0, 0.05) is 0 Å². The molecule has 0 fully saturated rings. The quantitative estimate of drug-likeness (QED) is 0.438. The van der Waals surface area contributed by atoms with Crippen LogP contribution in [-0.4, -0.2) is 44.0 Å². The van der Waals surface area contributed by atoms with Gasteiger partial charge in [0.05, 0.1) is 26.0 Å². The third kappa shape index (κ3) is 4.85. The zero-order chi connectivity index (χ0) is 21.5. The van der Waals surface area contributed by atoms with Crippen LogP contribution < -0.4 is 19.6 Å². The Morgan fingerprint density at radius 1 is 0.967 bits per heavy atom. The number of aliphatic carboxylic acids is 1. The maximum atomic E-state index is 12.6. The van der Waals surface area contributed by atoms with Crippen molar-refractivity contribution in [2.24, 2.45) is 5.10 Å². The molecule has 30 heavy (non-hydrogen) atoms. The van der Waals surface area contributed by atoms with Gasteiger partial charge in [0.1, 0.15) is 5.75 Å². The van der Waals surface area contributed by atoms with Crippen LogP contribution in [-0.2, 0) is 4.79 Å². The normalized spacial score (nSPS) is 10.7. The molecule has 0 saturated carbocycles. The summed E-state index contributed by atoms with van der Waals surface area (Å²) in [6.45, 7) is -0.479. The number of hydrogen-bond acceptors (Lipinski definition) is 6. The zero-order valence-electron chi connectivity index (χ0n) is 16.4. The Balaban J connectivity index is 1.74. The summed E-state index contributed by atoms with van der Waals surface area (Å²) in [5.74, 6) is -0.413. The maximum absolute atomic E-state index is 12.6. The number of ether oxygens (including phenoxy) is 3. The summed E-state index contributed by atoms with van der Waals surface area (Å²) in [5.41, 5.74) is 3.47. The zero-order valence-corrected chi connectivity index (χ0v) is 16.4. The van der Waals surface area contributed by atoms with Gasteiger partial charge in [-0.2, -0.15) is 5.10 Å². The van der Waals surface area contributed by atoms with Crippen LogP contribution >= 0.6 is 0 Å². The minimum absolute atomic E-state index is 0.294. The van der Waals surface area contributed by atoms with Gasteiger partial charge >= 0.3 is 5.97 Å². The molecule has 0 aromatic heterocycles. The first-order valence-corrected chi connectivity index (χ1v) is 8.94. The highest BCUT2D eigenvalue weighted by atomic mass is 16.5. The van der Waals surface area contributed by atoms with Gasteiger partial charge in [0.2, 0.25) is 0 Å². The van der Waals surface area contributed by atoms with Gasteiger partial charge in [-0.15, -0.1) is 0 Å². The van der Waals surface area contributed by atoms with Crippen LogP contribution in [0.4, 0.5) is 0 Å². The third-order valence-electron chi connectivity index (χ3n) is 4.23. The average molecular weight is 408 g/mol. The van der Waals surface area contributed by atoms with Gasteiger partial charge in [-0.3, -0.25) is 4.79 Å². The molecule has 0 heterocycles. The number of carboxylic acid groups (broad SMARTS) is 1. The summed E-state index contributed by atoms with van der Waals surface area (Å²) in [6.07, 6.45) is 1.44. The second-order valence-electron chi connectivity index (χ2n) is 6.19. The van der Waals surface area contributed by atoms with E-state index >= 15 is 0 Å². The molecule has 154 valence electrons. The van der Waals surface area contributed by atoms with Crippen LogP contribution in [0, 0.1) is 0 Å². The lowest BCUT2D eigenvalue weighted by atomic mass is 10.1. The second kappa shape index (κ2) is 9.42. The lowest BCUT2D eigenvalue weighted by Crippen LogP contribution is -2.18. The van der Waals surface area contributed by atoms with Crippen molar-refractivity contribution in [3.8, 4) is 17.2 Å². The largest absolute Gasteiger partial charge is 0.496 e. The van der Waals surface area contributed by atoms with E-state index in [2.05, 4.69) is 10.5 Å². The number of methoxy groups -OCH3 is 2. The van der Waals surface area contributed by atoms with Crippen molar-refractivity contribution in [2.45, 2.75) is 0 Å². The van der Waals surface area contributed by atoms with Crippen LogP contribution in [0.2, 0.25) is 0 Å². The summed E-state index contributed by atoms with van der Waals surface area (Å²) in [7, 11) is 2.95. The van der Waals surface area contributed by atoms with Gasteiger partial charge in [-0.25, -0.2) is 10.2 Å². The molecule has 0 bridgehead atoms. The molecule has 0 atom stereocenters. The molecular formula is C22H20N2O6. The number of nitrogens with zero attached hydrogens (tertiary/aromatic N) is 1. The summed E-state index contributed by atoms with van der Waals surface area (Å²) >= 11 is 0. The Morgan fingerprint density at radius 3 is 2.33 bits per heavy atom. The molecule has 0 unspecified atom stereocenters. The number of carbonyl (C=O) groups is 2. The van der Waals surface area contributed by atoms with Gasteiger partial charge in [0.15, 0.2) is 18.1 Å². The van der Waals surface area contributed by atoms with E-state index in [0.717, 1.165) is 10.8 Å². The Bertz CT molecular complexity index is 1110. The number of hydrogen-bond donors (Lipinski definition) is 2. The summed E-state index contributed by atoms with van der Waals surface area (Å²) in [6, 6.07) is 16.0. The van der Waals surface area contributed by atoms with Crippen molar-refractivity contribution in [3.05, 3.63) is 65.7 Å². The third-order valence-corrected chi connectivity index (χ3v) is 4.23. The molecule has 2 N–H and O–H groups in total. The summed E-state index contributed by atoms with van der Waals surface area (Å²) < 4.78 is 15.7. The number of carboxylic acids is 1. The van der Waals surface area contributed by atoms with Crippen LogP contribution in [0.1, 0.15) is 15.9 Å². The van der Waals surface area contributed by atoms with Crippen molar-refractivity contribution < 1.29 is 28.9 Å². The van der Waals surface area contributed by atoms with Crippen molar-refractivity contribution in [2.75, 3.05) is 20.8 Å². The molecule has 0 aliphatic heterocycles. The summed E-state index contributed by atoms with van der Waals surface area (Å²) in [4.78, 5) is 23.2. The molecular weight excluding hydrogens is 388 g/mol. The number of rotatable bonds is 8. The molecule has 0 saturated heterocycles. The molecule has 8 nitrogen and oxygen atoms in total. The van der Waals surface area contributed by atoms with Crippen molar-refractivity contribution in [1.82, 2.24) is 5.43 Å². The number of benzene rings is 3. The van der Waals surface area contributed by atoms with Crippen molar-refractivity contribution in [1.29, 1.82) is 0 Å². The highest BCUT2D eigenvalue weighted by Crippen LogP contribution is 2.28. The number of hydrazone groups is 1. The first-order chi connectivity index (χ1) is 14.5. The monoisotopic (exact) mass is 408 g/mol. The smallest absolute Gasteiger partial charge is 0.341 e. The molecule has 3 aromatic carbocycles. The molecule has 0 aliphatic carbocycles. The molecule has 3 aromatic rings. The van der Waals surface area contributed by atoms with Crippen LogP contribution in [0.15, 0.2) is 59.7 Å².